The lowest BCUT2D eigenvalue weighted by molar-refractivity contribution is 0.102. The first-order valence-electron chi connectivity index (χ1n) is 8.27. The molecule has 0 bridgehead atoms. The quantitative estimate of drug-likeness (QED) is 0.654. The third-order valence-corrected chi connectivity index (χ3v) is 3.71. The van der Waals surface area contributed by atoms with E-state index in [-0.39, 0.29) is 0 Å². The molecule has 0 heterocycles. The Labute approximate surface area is 129 Å². The van der Waals surface area contributed by atoms with Crippen LogP contribution < -0.4 is 10.1 Å². The van der Waals surface area contributed by atoms with Crippen LogP contribution in [0.2, 0.25) is 0 Å². The zero-order chi connectivity index (χ0) is 15.5. The number of hydrogen-bond acceptors (Lipinski definition) is 3. The molecule has 2 atom stereocenters. The Morgan fingerprint density at radius 1 is 1.14 bits per heavy atom. The van der Waals surface area contributed by atoms with Crippen LogP contribution in [0.15, 0.2) is 24.3 Å². The molecule has 1 aromatic carbocycles. The van der Waals surface area contributed by atoms with Gasteiger partial charge in [0.2, 0.25) is 0 Å². The van der Waals surface area contributed by atoms with Gasteiger partial charge in [0.05, 0.1) is 0 Å². The van der Waals surface area contributed by atoms with E-state index >= 15 is 0 Å². The number of unbranched alkanes of at least 4 members (excludes halogenated alkanes) is 1. The van der Waals surface area contributed by atoms with Gasteiger partial charge in [-0.3, -0.25) is 0 Å². The molecule has 0 amide bonds. The summed E-state index contributed by atoms with van der Waals surface area (Å²) >= 11 is 0. The highest BCUT2D eigenvalue weighted by atomic mass is 16.5. The van der Waals surface area contributed by atoms with Crippen LogP contribution in [0, 0.1) is 6.92 Å². The predicted octanol–water partition coefficient (Wildman–Crippen LogP) is 3.68. The number of para-hydroxylation sites is 1. The molecule has 0 aromatic heterocycles. The topological polar surface area (TPSA) is 41.5 Å². The molecule has 0 aliphatic heterocycles. The average molecular weight is 293 g/mol. The highest BCUT2D eigenvalue weighted by Gasteiger charge is 2.11. The van der Waals surface area contributed by atoms with Crippen LogP contribution in [0.3, 0.4) is 0 Å². The van der Waals surface area contributed by atoms with Crippen molar-refractivity contribution >= 4 is 0 Å². The molecule has 1 aromatic rings. The summed E-state index contributed by atoms with van der Waals surface area (Å²) in [7, 11) is 0. The minimum absolute atomic E-state index is 0.338. The smallest absolute Gasteiger partial charge is 0.122 e. The summed E-state index contributed by atoms with van der Waals surface area (Å²) < 4.78 is 5.68. The van der Waals surface area contributed by atoms with E-state index in [1.807, 2.05) is 31.2 Å². The molecule has 0 radical (unpaired) electrons. The number of benzene rings is 1. The van der Waals surface area contributed by atoms with Crippen molar-refractivity contribution in [2.75, 3.05) is 13.2 Å². The Bertz CT molecular complexity index is 381. The first-order valence-corrected chi connectivity index (χ1v) is 8.27. The molecule has 2 N–H and O–H groups in total. The highest BCUT2D eigenvalue weighted by molar-refractivity contribution is 5.31. The van der Waals surface area contributed by atoms with E-state index in [0.29, 0.717) is 19.2 Å². The van der Waals surface area contributed by atoms with E-state index in [4.69, 9.17) is 4.74 Å². The number of nitrogens with one attached hydrogen (secondary N) is 1. The Hall–Kier alpha value is -1.06. The van der Waals surface area contributed by atoms with Crippen LogP contribution in [0.1, 0.15) is 51.5 Å². The second-order valence-electron chi connectivity index (χ2n) is 5.77. The van der Waals surface area contributed by atoms with Crippen molar-refractivity contribution in [1.29, 1.82) is 0 Å². The van der Waals surface area contributed by atoms with E-state index in [2.05, 4.69) is 19.2 Å². The third-order valence-electron chi connectivity index (χ3n) is 3.71. The number of ether oxygens (including phenoxy) is 1. The molecule has 0 aliphatic rings. The van der Waals surface area contributed by atoms with Gasteiger partial charge in [0.25, 0.3) is 0 Å². The van der Waals surface area contributed by atoms with Gasteiger partial charge >= 0.3 is 0 Å². The van der Waals surface area contributed by atoms with Gasteiger partial charge in [0.15, 0.2) is 0 Å². The van der Waals surface area contributed by atoms with Crippen molar-refractivity contribution in [1.82, 2.24) is 5.32 Å². The fourth-order valence-electron chi connectivity index (χ4n) is 2.41. The molecule has 1 rings (SSSR count). The fraction of sp³-hybridized carbons (Fsp3) is 0.667. The number of aliphatic hydroxyl groups is 1. The molecule has 2 unspecified atom stereocenters. The first-order chi connectivity index (χ1) is 10.2. The van der Waals surface area contributed by atoms with Crippen molar-refractivity contribution in [3.63, 3.8) is 0 Å². The average Bonchev–Trinajstić information content (AvgIpc) is 2.49. The van der Waals surface area contributed by atoms with Gasteiger partial charge in [-0.15, -0.1) is 0 Å². The van der Waals surface area contributed by atoms with Crippen molar-refractivity contribution < 1.29 is 9.84 Å². The number of aryl methyl sites for hydroxylation is 1. The van der Waals surface area contributed by atoms with E-state index in [9.17, 15) is 5.11 Å². The summed E-state index contributed by atoms with van der Waals surface area (Å²) in [5.74, 6) is 0.854. The molecule has 0 spiro atoms. The van der Waals surface area contributed by atoms with Gasteiger partial charge < -0.3 is 15.2 Å². The first kappa shape index (κ1) is 18.0. The molecule has 3 nitrogen and oxygen atoms in total. The van der Waals surface area contributed by atoms with Gasteiger partial charge in [-0.1, -0.05) is 51.3 Å². The monoisotopic (exact) mass is 293 g/mol. The largest absolute Gasteiger partial charge is 0.491 e. The van der Waals surface area contributed by atoms with E-state index in [0.717, 1.165) is 11.3 Å². The van der Waals surface area contributed by atoms with Crippen LogP contribution in [-0.4, -0.2) is 30.4 Å². The molecule has 3 heteroatoms. The molecule has 0 saturated carbocycles. The molecule has 21 heavy (non-hydrogen) atoms. The summed E-state index contributed by atoms with van der Waals surface area (Å²) in [5.41, 5.74) is 1.10. The lowest BCUT2D eigenvalue weighted by Gasteiger charge is -2.20. The standard InChI is InChI=1S/C18H31NO2/c1-4-6-11-16(9-5-2)19-13-17(20)14-21-18-12-8-7-10-15(18)3/h7-8,10,12,16-17,19-20H,4-6,9,11,13-14H2,1-3H3. The van der Waals surface area contributed by atoms with Gasteiger partial charge in [-0.05, 0) is 31.4 Å². The summed E-state index contributed by atoms with van der Waals surface area (Å²) in [6, 6.07) is 8.42. The Morgan fingerprint density at radius 3 is 2.57 bits per heavy atom. The minimum Gasteiger partial charge on any atom is -0.491 e. The molecule has 0 aliphatic carbocycles. The third kappa shape index (κ3) is 7.49. The van der Waals surface area contributed by atoms with E-state index < -0.39 is 6.10 Å². The molecular weight excluding hydrogens is 262 g/mol. The SMILES string of the molecule is CCCCC(CCC)NCC(O)COc1ccccc1C. The maximum atomic E-state index is 10.1. The summed E-state index contributed by atoms with van der Waals surface area (Å²) in [4.78, 5) is 0. The van der Waals surface area contributed by atoms with Gasteiger partial charge in [-0.2, -0.15) is 0 Å². The van der Waals surface area contributed by atoms with Crippen molar-refractivity contribution in [3.05, 3.63) is 29.8 Å². The van der Waals surface area contributed by atoms with E-state index in [1.165, 1.54) is 32.1 Å². The summed E-state index contributed by atoms with van der Waals surface area (Å²) in [6.07, 6.45) is 5.54. The second-order valence-corrected chi connectivity index (χ2v) is 5.77. The zero-order valence-corrected chi connectivity index (χ0v) is 13.8. The van der Waals surface area contributed by atoms with Gasteiger partial charge in [-0.25, -0.2) is 0 Å². The lowest BCUT2D eigenvalue weighted by Crippen LogP contribution is -2.38. The summed E-state index contributed by atoms with van der Waals surface area (Å²) in [6.45, 7) is 7.37. The summed E-state index contributed by atoms with van der Waals surface area (Å²) in [5, 5.41) is 13.5. The predicted molar refractivity (Wildman–Crippen MR) is 88.9 cm³/mol. The van der Waals surface area contributed by atoms with Crippen LogP contribution in [-0.2, 0) is 0 Å². The second kappa shape index (κ2) is 10.6. The molecule has 120 valence electrons. The Balaban J connectivity index is 2.28. The Morgan fingerprint density at radius 2 is 1.90 bits per heavy atom. The molecular formula is C18H31NO2. The van der Waals surface area contributed by atoms with Crippen molar-refractivity contribution in [2.45, 2.75) is 65.0 Å². The Kier molecular flexibility index (Phi) is 9.11. The van der Waals surface area contributed by atoms with Crippen LogP contribution in [0.4, 0.5) is 0 Å². The van der Waals surface area contributed by atoms with Crippen LogP contribution >= 0.6 is 0 Å². The van der Waals surface area contributed by atoms with Gasteiger partial charge in [0, 0.05) is 12.6 Å². The molecule has 0 fully saturated rings. The fourth-order valence-corrected chi connectivity index (χ4v) is 2.41. The van der Waals surface area contributed by atoms with Crippen LogP contribution in [0.5, 0.6) is 5.75 Å². The molecule has 0 saturated heterocycles. The lowest BCUT2D eigenvalue weighted by atomic mass is 10.1. The minimum atomic E-state index is -0.467. The van der Waals surface area contributed by atoms with Crippen molar-refractivity contribution in [2.24, 2.45) is 0 Å². The van der Waals surface area contributed by atoms with Gasteiger partial charge in [0.1, 0.15) is 18.5 Å². The maximum absolute atomic E-state index is 10.1. The van der Waals surface area contributed by atoms with Crippen LogP contribution in [0.25, 0.3) is 0 Å². The normalized spacial score (nSPS) is 13.9. The highest BCUT2D eigenvalue weighted by Crippen LogP contribution is 2.16. The number of rotatable bonds is 11. The van der Waals surface area contributed by atoms with Crippen molar-refractivity contribution in [3.8, 4) is 5.75 Å². The maximum Gasteiger partial charge on any atom is 0.122 e. The number of aliphatic hydroxyl groups excluding tert-OH is 1. The van der Waals surface area contributed by atoms with E-state index in [1.54, 1.807) is 0 Å². The zero-order valence-electron chi connectivity index (χ0n) is 13.8. The number of hydrogen-bond donors (Lipinski definition) is 2.